The number of rotatable bonds is 2. The van der Waals surface area contributed by atoms with Crippen LogP contribution in [0, 0.1) is 0 Å². The molecule has 0 spiro atoms. The molecule has 0 unspecified atom stereocenters. The van der Waals surface area contributed by atoms with Crippen LogP contribution in [0.15, 0.2) is 17.0 Å². The largest absolute Gasteiger partial charge is 0.377 e. The number of fused-ring (bicyclic) bond motifs is 1. The van der Waals surface area contributed by atoms with E-state index in [-0.39, 0.29) is 16.8 Å². The van der Waals surface area contributed by atoms with Crippen LogP contribution in [0.4, 0.5) is 5.69 Å². The number of nitrogens with one attached hydrogen (secondary N) is 1. The van der Waals surface area contributed by atoms with Crippen molar-refractivity contribution in [3.05, 3.63) is 23.3 Å². The van der Waals surface area contributed by atoms with Gasteiger partial charge in [-0.2, -0.15) is 8.42 Å². The van der Waals surface area contributed by atoms with Crippen molar-refractivity contribution in [1.82, 2.24) is 5.32 Å². The second-order valence-corrected chi connectivity index (χ2v) is 5.35. The van der Waals surface area contributed by atoms with Crippen molar-refractivity contribution in [1.29, 1.82) is 0 Å². The molecule has 0 aromatic heterocycles. The number of anilines is 1. The van der Waals surface area contributed by atoms with Crippen LogP contribution in [-0.2, 0) is 10.1 Å². The van der Waals surface area contributed by atoms with Crippen molar-refractivity contribution in [2.75, 3.05) is 19.0 Å². The molecule has 1 aliphatic rings. The molecule has 0 atom stereocenters. The van der Waals surface area contributed by atoms with Crippen molar-refractivity contribution in [2.45, 2.75) is 4.90 Å². The average molecular weight is 270 g/mol. The van der Waals surface area contributed by atoms with Crippen LogP contribution in [0.5, 0.6) is 0 Å². The highest BCUT2D eigenvalue weighted by atomic mass is 32.2. The molecule has 2 rings (SSSR count). The van der Waals surface area contributed by atoms with Gasteiger partial charge in [0.25, 0.3) is 21.9 Å². The fraction of sp³-hybridized carbons (Fsp3) is 0.200. The van der Waals surface area contributed by atoms with Gasteiger partial charge in [-0.05, 0) is 12.1 Å². The smallest absolute Gasteiger partial charge is 0.297 e. The number of amides is 2. The maximum Gasteiger partial charge on any atom is 0.297 e. The summed E-state index contributed by atoms with van der Waals surface area (Å²) in [7, 11) is -1.49. The van der Waals surface area contributed by atoms with E-state index in [9.17, 15) is 22.6 Å². The van der Waals surface area contributed by atoms with Crippen LogP contribution in [-0.4, -0.2) is 38.9 Å². The van der Waals surface area contributed by atoms with Crippen LogP contribution in [0.3, 0.4) is 0 Å². The van der Waals surface area contributed by atoms with E-state index in [0.29, 0.717) is 0 Å². The van der Waals surface area contributed by atoms with Gasteiger partial charge in [0.1, 0.15) is 4.90 Å². The highest BCUT2D eigenvalue weighted by molar-refractivity contribution is 7.86. The lowest BCUT2D eigenvalue weighted by Crippen LogP contribution is -2.21. The molecule has 96 valence electrons. The fourth-order valence-electron chi connectivity index (χ4n) is 1.83. The molecule has 0 radical (unpaired) electrons. The van der Waals surface area contributed by atoms with Crippen LogP contribution in [0.25, 0.3) is 0 Å². The van der Waals surface area contributed by atoms with Crippen molar-refractivity contribution in [3.63, 3.8) is 0 Å². The Kier molecular flexibility index (Phi) is 2.63. The van der Waals surface area contributed by atoms with E-state index >= 15 is 0 Å². The zero-order chi connectivity index (χ0) is 13.7. The van der Waals surface area contributed by atoms with Crippen molar-refractivity contribution in [3.8, 4) is 0 Å². The molecule has 2 N–H and O–H groups in total. The van der Waals surface area contributed by atoms with E-state index in [1.165, 1.54) is 17.0 Å². The zero-order valence-corrected chi connectivity index (χ0v) is 10.4. The molecule has 1 aliphatic heterocycles. The second-order valence-electron chi connectivity index (χ2n) is 3.99. The third-order valence-corrected chi connectivity index (χ3v) is 3.50. The number of benzene rings is 1. The molecule has 2 amide bonds. The average Bonchev–Trinajstić information content (AvgIpc) is 2.52. The number of carbonyl (C=O) groups excluding carboxylic acids is 2. The van der Waals surface area contributed by atoms with Crippen LogP contribution in [0.2, 0.25) is 0 Å². The number of carbonyl (C=O) groups is 2. The van der Waals surface area contributed by atoms with Gasteiger partial charge < -0.3 is 4.90 Å². The molecule has 0 fully saturated rings. The Morgan fingerprint density at radius 2 is 1.78 bits per heavy atom. The molecule has 1 aromatic rings. The molecule has 18 heavy (non-hydrogen) atoms. The second kappa shape index (κ2) is 3.79. The summed E-state index contributed by atoms with van der Waals surface area (Å²) < 4.78 is 32.1. The lowest BCUT2D eigenvalue weighted by atomic mass is 10.1. The molecular weight excluding hydrogens is 260 g/mol. The monoisotopic (exact) mass is 270 g/mol. The first kappa shape index (κ1) is 12.5. The van der Waals surface area contributed by atoms with Crippen LogP contribution in [0.1, 0.15) is 20.7 Å². The molecular formula is C10H10N2O5S. The maximum atomic E-state index is 11.6. The molecule has 1 heterocycles. The SMILES string of the molecule is CN(C)c1ccc2c(c1S(=O)(=O)O)C(=O)NC2=O. The van der Waals surface area contributed by atoms with Crippen LogP contribution >= 0.6 is 0 Å². The minimum absolute atomic E-state index is 0.0572. The van der Waals surface area contributed by atoms with Crippen molar-refractivity contribution in [2.24, 2.45) is 0 Å². The summed E-state index contributed by atoms with van der Waals surface area (Å²) in [5.41, 5.74) is -0.229. The third kappa shape index (κ3) is 1.75. The highest BCUT2D eigenvalue weighted by Gasteiger charge is 2.35. The Morgan fingerprint density at radius 1 is 1.17 bits per heavy atom. The molecule has 8 heteroatoms. The standard InChI is InChI=1S/C10H10N2O5S/c1-12(2)6-4-3-5-7(8(6)18(15,16)17)10(14)11-9(5)13/h3-4H,1-2H3,(H,11,13,14)(H,15,16,17). The predicted octanol–water partition coefficient (Wildman–Crippen LogP) is -0.117. The summed E-state index contributed by atoms with van der Waals surface area (Å²) in [6.07, 6.45) is 0. The summed E-state index contributed by atoms with van der Waals surface area (Å²) in [6.45, 7) is 0. The molecule has 7 nitrogen and oxygen atoms in total. The van der Waals surface area contributed by atoms with Gasteiger partial charge in [-0.25, -0.2) is 0 Å². The summed E-state index contributed by atoms with van der Waals surface area (Å²) in [4.78, 5) is 23.9. The summed E-state index contributed by atoms with van der Waals surface area (Å²) in [6, 6.07) is 2.71. The Labute approximate surface area is 103 Å². The van der Waals surface area contributed by atoms with E-state index < -0.39 is 26.8 Å². The van der Waals surface area contributed by atoms with Gasteiger partial charge in [0.05, 0.1) is 16.8 Å². The van der Waals surface area contributed by atoms with Gasteiger partial charge >= 0.3 is 0 Å². The first-order valence-electron chi connectivity index (χ1n) is 4.91. The normalized spacial score (nSPS) is 14.4. The fourth-order valence-corrected chi connectivity index (χ4v) is 2.81. The lowest BCUT2D eigenvalue weighted by molar-refractivity contribution is 0.0878. The predicted molar refractivity (Wildman–Crippen MR) is 62.4 cm³/mol. The van der Waals surface area contributed by atoms with E-state index in [1.54, 1.807) is 14.1 Å². The van der Waals surface area contributed by atoms with Gasteiger partial charge in [0.2, 0.25) is 0 Å². The van der Waals surface area contributed by atoms with E-state index in [4.69, 9.17) is 0 Å². The van der Waals surface area contributed by atoms with E-state index in [0.717, 1.165) is 0 Å². The summed E-state index contributed by atoms with van der Waals surface area (Å²) >= 11 is 0. The van der Waals surface area contributed by atoms with Crippen molar-refractivity contribution < 1.29 is 22.6 Å². The molecule has 0 saturated heterocycles. The highest BCUT2D eigenvalue weighted by Crippen LogP contribution is 2.32. The van der Waals surface area contributed by atoms with Gasteiger partial charge in [-0.15, -0.1) is 0 Å². The molecule has 0 bridgehead atoms. The van der Waals surface area contributed by atoms with Crippen LogP contribution < -0.4 is 10.2 Å². The van der Waals surface area contributed by atoms with Crippen molar-refractivity contribution >= 4 is 27.6 Å². The third-order valence-electron chi connectivity index (χ3n) is 2.58. The van der Waals surface area contributed by atoms with E-state index in [2.05, 4.69) is 0 Å². The number of imide groups is 1. The maximum absolute atomic E-state index is 11.6. The topological polar surface area (TPSA) is 104 Å². The first-order valence-corrected chi connectivity index (χ1v) is 6.35. The van der Waals surface area contributed by atoms with Gasteiger partial charge in [0.15, 0.2) is 0 Å². The quantitative estimate of drug-likeness (QED) is 0.573. The molecule has 1 aromatic carbocycles. The van der Waals surface area contributed by atoms with Gasteiger partial charge in [0, 0.05) is 14.1 Å². The minimum Gasteiger partial charge on any atom is -0.377 e. The number of hydrogen-bond donors (Lipinski definition) is 2. The molecule has 0 saturated carbocycles. The van der Waals surface area contributed by atoms with E-state index in [1.807, 2.05) is 5.32 Å². The zero-order valence-electron chi connectivity index (χ0n) is 9.59. The lowest BCUT2D eigenvalue weighted by Gasteiger charge is -2.17. The number of hydrogen-bond acceptors (Lipinski definition) is 5. The Bertz CT molecular complexity index is 663. The molecule has 0 aliphatic carbocycles. The minimum atomic E-state index is -4.61. The van der Waals surface area contributed by atoms with Gasteiger partial charge in [-0.3, -0.25) is 19.5 Å². The summed E-state index contributed by atoms with van der Waals surface area (Å²) in [5.74, 6) is -1.50. The van der Waals surface area contributed by atoms with Gasteiger partial charge in [-0.1, -0.05) is 0 Å². The first-order chi connectivity index (χ1) is 8.23. The Hall–Kier alpha value is -1.93. The summed E-state index contributed by atoms with van der Waals surface area (Å²) in [5, 5.41) is 1.99. The Balaban J connectivity index is 2.91. The Morgan fingerprint density at radius 3 is 2.28 bits per heavy atom. The number of nitrogens with zero attached hydrogens (tertiary/aromatic N) is 1.